The molecule has 4 heterocycles. The SMILES string of the molecule is Cl.c1cc2c(N3CCCC3)nc(N3CCCC3)nc2[nH]1. The third-order valence-corrected chi connectivity index (χ3v) is 4.18. The number of hydrogen-bond acceptors (Lipinski definition) is 4. The second-order valence-corrected chi connectivity index (χ2v) is 5.48. The number of hydrogen-bond donors (Lipinski definition) is 1. The average Bonchev–Trinajstić information content (AvgIpc) is 3.18. The fraction of sp³-hybridized carbons (Fsp3) is 0.571. The second-order valence-electron chi connectivity index (χ2n) is 5.48. The summed E-state index contributed by atoms with van der Waals surface area (Å²) in [7, 11) is 0. The molecule has 0 spiro atoms. The molecule has 0 bridgehead atoms. The van der Waals surface area contributed by atoms with E-state index in [1.165, 1.54) is 25.7 Å². The van der Waals surface area contributed by atoms with Crippen molar-refractivity contribution in [3.05, 3.63) is 12.3 Å². The summed E-state index contributed by atoms with van der Waals surface area (Å²) in [6.45, 7) is 4.42. The van der Waals surface area contributed by atoms with Gasteiger partial charge in [-0.3, -0.25) is 0 Å². The lowest BCUT2D eigenvalue weighted by Gasteiger charge is -2.21. The first-order valence-electron chi connectivity index (χ1n) is 7.27. The Morgan fingerprint density at radius 3 is 2.25 bits per heavy atom. The quantitative estimate of drug-likeness (QED) is 0.924. The zero-order valence-corrected chi connectivity index (χ0v) is 12.3. The van der Waals surface area contributed by atoms with Crippen molar-refractivity contribution in [1.29, 1.82) is 0 Å². The normalized spacial score (nSPS) is 18.8. The van der Waals surface area contributed by atoms with E-state index in [-0.39, 0.29) is 12.4 Å². The molecule has 0 aliphatic carbocycles. The minimum Gasteiger partial charge on any atom is -0.356 e. The summed E-state index contributed by atoms with van der Waals surface area (Å²) in [6.07, 6.45) is 7.02. The maximum Gasteiger partial charge on any atom is 0.229 e. The molecular formula is C14H20ClN5. The van der Waals surface area contributed by atoms with Crippen LogP contribution in [0.2, 0.25) is 0 Å². The Hall–Kier alpha value is -1.49. The van der Waals surface area contributed by atoms with Crippen LogP contribution in [0.4, 0.5) is 11.8 Å². The lowest BCUT2D eigenvalue weighted by atomic mass is 10.3. The van der Waals surface area contributed by atoms with Crippen molar-refractivity contribution >= 4 is 35.2 Å². The van der Waals surface area contributed by atoms with Gasteiger partial charge < -0.3 is 14.8 Å². The Morgan fingerprint density at radius 2 is 1.55 bits per heavy atom. The molecule has 0 atom stereocenters. The fourth-order valence-corrected chi connectivity index (χ4v) is 3.14. The summed E-state index contributed by atoms with van der Waals surface area (Å²) in [4.78, 5) is 17.5. The smallest absolute Gasteiger partial charge is 0.229 e. The molecule has 0 aromatic carbocycles. The van der Waals surface area contributed by atoms with Crippen LogP contribution in [0.1, 0.15) is 25.7 Å². The van der Waals surface area contributed by atoms with Gasteiger partial charge >= 0.3 is 0 Å². The molecular weight excluding hydrogens is 274 g/mol. The monoisotopic (exact) mass is 293 g/mol. The Morgan fingerprint density at radius 1 is 0.900 bits per heavy atom. The number of rotatable bonds is 2. The largest absolute Gasteiger partial charge is 0.356 e. The van der Waals surface area contributed by atoms with E-state index in [4.69, 9.17) is 4.98 Å². The molecule has 5 nitrogen and oxygen atoms in total. The number of halogens is 1. The second kappa shape index (κ2) is 5.48. The number of aromatic nitrogens is 3. The third-order valence-electron chi connectivity index (χ3n) is 4.18. The Balaban J connectivity index is 0.00000121. The molecule has 2 aliphatic heterocycles. The summed E-state index contributed by atoms with van der Waals surface area (Å²) in [5.41, 5.74) is 0.971. The van der Waals surface area contributed by atoms with Gasteiger partial charge in [0.1, 0.15) is 11.5 Å². The predicted octanol–water partition coefficient (Wildman–Crippen LogP) is 2.58. The van der Waals surface area contributed by atoms with Crippen LogP contribution in [0.3, 0.4) is 0 Å². The van der Waals surface area contributed by atoms with Crippen LogP contribution >= 0.6 is 12.4 Å². The number of aromatic amines is 1. The standard InChI is InChI=1S/C14H19N5.ClH/c1-2-8-18(7-1)13-11-5-6-15-12(11)16-14(17-13)19-9-3-4-10-19;/h5-6H,1-4,7-10H2,(H,15,16,17);1H. The number of fused-ring (bicyclic) bond motifs is 1. The van der Waals surface area contributed by atoms with Crippen molar-refractivity contribution in [2.75, 3.05) is 36.0 Å². The molecule has 0 radical (unpaired) electrons. The summed E-state index contributed by atoms with van der Waals surface area (Å²) >= 11 is 0. The topological polar surface area (TPSA) is 48.1 Å². The first-order chi connectivity index (χ1) is 9.42. The summed E-state index contributed by atoms with van der Waals surface area (Å²) in [5.74, 6) is 2.01. The van der Waals surface area contributed by atoms with E-state index in [2.05, 4.69) is 25.8 Å². The summed E-state index contributed by atoms with van der Waals surface area (Å²) in [6, 6.07) is 2.09. The molecule has 2 aromatic heterocycles. The highest BCUT2D eigenvalue weighted by atomic mass is 35.5. The van der Waals surface area contributed by atoms with Gasteiger partial charge in [0.15, 0.2) is 0 Å². The van der Waals surface area contributed by atoms with Crippen LogP contribution in [-0.2, 0) is 0 Å². The van der Waals surface area contributed by atoms with Gasteiger partial charge in [-0.25, -0.2) is 0 Å². The molecule has 2 aromatic rings. The van der Waals surface area contributed by atoms with Crippen LogP contribution in [-0.4, -0.2) is 41.1 Å². The van der Waals surface area contributed by atoms with Crippen molar-refractivity contribution in [1.82, 2.24) is 15.0 Å². The molecule has 4 rings (SSSR count). The first-order valence-corrected chi connectivity index (χ1v) is 7.27. The highest BCUT2D eigenvalue weighted by Crippen LogP contribution is 2.29. The van der Waals surface area contributed by atoms with Crippen molar-refractivity contribution in [2.45, 2.75) is 25.7 Å². The van der Waals surface area contributed by atoms with Crippen LogP contribution in [0.5, 0.6) is 0 Å². The zero-order chi connectivity index (χ0) is 12.7. The molecule has 1 N–H and O–H groups in total. The van der Waals surface area contributed by atoms with E-state index in [1.807, 2.05) is 6.20 Å². The molecule has 2 aliphatic rings. The minimum atomic E-state index is 0. The van der Waals surface area contributed by atoms with E-state index in [1.54, 1.807) is 0 Å². The van der Waals surface area contributed by atoms with Gasteiger partial charge in [0.05, 0.1) is 5.39 Å². The van der Waals surface area contributed by atoms with Gasteiger partial charge in [0, 0.05) is 32.4 Å². The van der Waals surface area contributed by atoms with Crippen molar-refractivity contribution < 1.29 is 0 Å². The van der Waals surface area contributed by atoms with Gasteiger partial charge in [-0.1, -0.05) is 0 Å². The third kappa shape index (κ3) is 2.20. The van der Waals surface area contributed by atoms with Gasteiger partial charge in [-0.15, -0.1) is 12.4 Å². The van der Waals surface area contributed by atoms with Gasteiger partial charge in [0.2, 0.25) is 5.95 Å². The van der Waals surface area contributed by atoms with Crippen molar-refractivity contribution in [3.63, 3.8) is 0 Å². The highest BCUT2D eigenvalue weighted by Gasteiger charge is 2.21. The molecule has 0 amide bonds. The van der Waals surface area contributed by atoms with Crippen LogP contribution in [0, 0.1) is 0 Å². The molecule has 108 valence electrons. The summed E-state index contributed by atoms with van der Waals surface area (Å²) in [5, 5.41) is 1.16. The van der Waals surface area contributed by atoms with E-state index in [9.17, 15) is 0 Å². The molecule has 20 heavy (non-hydrogen) atoms. The number of anilines is 2. The van der Waals surface area contributed by atoms with E-state index < -0.39 is 0 Å². The molecule has 2 saturated heterocycles. The van der Waals surface area contributed by atoms with Crippen LogP contribution in [0.25, 0.3) is 11.0 Å². The van der Waals surface area contributed by atoms with Gasteiger partial charge in [-0.2, -0.15) is 9.97 Å². The lowest BCUT2D eigenvalue weighted by Crippen LogP contribution is -2.24. The average molecular weight is 294 g/mol. The number of nitrogens with one attached hydrogen (secondary N) is 1. The van der Waals surface area contributed by atoms with E-state index in [0.29, 0.717) is 0 Å². The lowest BCUT2D eigenvalue weighted by molar-refractivity contribution is 0.881. The fourth-order valence-electron chi connectivity index (χ4n) is 3.14. The number of nitrogens with zero attached hydrogens (tertiary/aromatic N) is 4. The predicted molar refractivity (Wildman–Crippen MR) is 84.0 cm³/mol. The Kier molecular flexibility index (Phi) is 3.70. The molecule has 6 heteroatoms. The van der Waals surface area contributed by atoms with Crippen LogP contribution < -0.4 is 9.80 Å². The summed E-state index contributed by atoms with van der Waals surface area (Å²) < 4.78 is 0. The van der Waals surface area contributed by atoms with E-state index >= 15 is 0 Å². The maximum atomic E-state index is 4.86. The van der Waals surface area contributed by atoms with Crippen molar-refractivity contribution in [3.8, 4) is 0 Å². The molecule has 0 saturated carbocycles. The van der Waals surface area contributed by atoms with E-state index in [0.717, 1.165) is 49.0 Å². The number of H-pyrrole nitrogens is 1. The zero-order valence-electron chi connectivity index (χ0n) is 11.5. The molecule has 2 fully saturated rings. The maximum absolute atomic E-state index is 4.86. The molecule has 0 unspecified atom stereocenters. The first kappa shape index (κ1) is 13.5. The Bertz CT molecular complexity index is 584. The van der Waals surface area contributed by atoms with Gasteiger partial charge in [0.25, 0.3) is 0 Å². The Labute approximate surface area is 124 Å². The highest BCUT2D eigenvalue weighted by molar-refractivity contribution is 5.88. The minimum absolute atomic E-state index is 0. The van der Waals surface area contributed by atoms with Crippen molar-refractivity contribution in [2.24, 2.45) is 0 Å². The van der Waals surface area contributed by atoms with Gasteiger partial charge in [-0.05, 0) is 31.7 Å². The van der Waals surface area contributed by atoms with Crippen LogP contribution in [0.15, 0.2) is 12.3 Å².